The summed E-state index contributed by atoms with van der Waals surface area (Å²) in [5, 5.41) is 0. The second-order valence-electron chi connectivity index (χ2n) is 5.29. The van der Waals surface area contributed by atoms with Crippen molar-refractivity contribution in [1.29, 1.82) is 0 Å². The summed E-state index contributed by atoms with van der Waals surface area (Å²) >= 11 is 0. The quantitative estimate of drug-likeness (QED) is 0.841. The highest BCUT2D eigenvalue weighted by Crippen LogP contribution is 2.37. The van der Waals surface area contributed by atoms with Crippen LogP contribution in [-0.2, 0) is 11.3 Å². The van der Waals surface area contributed by atoms with Gasteiger partial charge in [0.05, 0.1) is 17.9 Å². The summed E-state index contributed by atoms with van der Waals surface area (Å²) in [5.74, 6) is 0.676. The summed E-state index contributed by atoms with van der Waals surface area (Å²) in [6.07, 6.45) is 1.73. The van der Waals surface area contributed by atoms with Gasteiger partial charge in [0, 0.05) is 6.20 Å². The van der Waals surface area contributed by atoms with E-state index in [9.17, 15) is 4.79 Å². The van der Waals surface area contributed by atoms with Crippen molar-refractivity contribution in [1.82, 2.24) is 4.98 Å². The van der Waals surface area contributed by atoms with Gasteiger partial charge in [-0.3, -0.25) is 14.7 Å². The molecule has 2 aromatic rings. The molecule has 1 aromatic carbocycles. The van der Waals surface area contributed by atoms with Gasteiger partial charge in [0.25, 0.3) is 5.91 Å². The summed E-state index contributed by atoms with van der Waals surface area (Å²) in [4.78, 5) is 18.6. The SMILES string of the molecule is CC1(C)Oc2ccccc2N(Cc2ccccn2)C1=O. The Hall–Kier alpha value is -2.36. The summed E-state index contributed by atoms with van der Waals surface area (Å²) in [6, 6.07) is 13.3. The molecule has 0 fully saturated rings. The van der Waals surface area contributed by atoms with Gasteiger partial charge in [0.2, 0.25) is 0 Å². The van der Waals surface area contributed by atoms with Crippen molar-refractivity contribution in [3.05, 3.63) is 54.4 Å². The Bertz CT molecular complexity index is 638. The van der Waals surface area contributed by atoms with Gasteiger partial charge in [-0.25, -0.2) is 0 Å². The van der Waals surface area contributed by atoms with Crippen LogP contribution in [0.4, 0.5) is 5.69 Å². The maximum atomic E-state index is 12.6. The molecule has 4 nitrogen and oxygen atoms in total. The Kier molecular flexibility index (Phi) is 2.93. The van der Waals surface area contributed by atoms with Gasteiger partial charge in [-0.2, -0.15) is 0 Å². The van der Waals surface area contributed by atoms with Crippen LogP contribution >= 0.6 is 0 Å². The molecule has 1 aromatic heterocycles. The van der Waals surface area contributed by atoms with Crippen LogP contribution in [0.15, 0.2) is 48.7 Å². The standard InChI is InChI=1S/C16H16N2O2/c1-16(2)15(19)18(11-12-7-5-6-10-17-12)13-8-3-4-9-14(13)20-16/h3-10H,11H2,1-2H3. The zero-order valence-corrected chi connectivity index (χ0v) is 11.5. The Morgan fingerprint density at radius 3 is 2.65 bits per heavy atom. The topological polar surface area (TPSA) is 42.4 Å². The molecule has 0 aliphatic carbocycles. The molecule has 0 saturated carbocycles. The molecule has 1 amide bonds. The molecule has 1 aliphatic heterocycles. The van der Waals surface area contributed by atoms with Crippen molar-refractivity contribution in [3.8, 4) is 5.75 Å². The molecule has 0 unspecified atom stereocenters. The molecule has 2 heterocycles. The van der Waals surface area contributed by atoms with Gasteiger partial charge in [0.1, 0.15) is 5.75 Å². The molecule has 0 bridgehead atoms. The number of hydrogen-bond acceptors (Lipinski definition) is 3. The number of anilines is 1. The van der Waals surface area contributed by atoms with Gasteiger partial charge in [-0.05, 0) is 38.1 Å². The first-order chi connectivity index (χ1) is 9.58. The third kappa shape index (κ3) is 2.13. The van der Waals surface area contributed by atoms with Crippen LogP contribution < -0.4 is 9.64 Å². The number of fused-ring (bicyclic) bond motifs is 1. The number of hydrogen-bond donors (Lipinski definition) is 0. The van der Waals surface area contributed by atoms with E-state index in [-0.39, 0.29) is 5.91 Å². The molecule has 20 heavy (non-hydrogen) atoms. The van der Waals surface area contributed by atoms with Crippen molar-refractivity contribution in [2.45, 2.75) is 26.0 Å². The van der Waals surface area contributed by atoms with E-state index in [1.807, 2.05) is 42.5 Å². The molecule has 0 N–H and O–H groups in total. The highest BCUT2D eigenvalue weighted by atomic mass is 16.5. The second-order valence-corrected chi connectivity index (χ2v) is 5.29. The molecular weight excluding hydrogens is 252 g/mol. The van der Waals surface area contributed by atoms with Crippen molar-refractivity contribution >= 4 is 11.6 Å². The number of benzene rings is 1. The normalized spacial score (nSPS) is 16.5. The first kappa shape index (κ1) is 12.7. The summed E-state index contributed by atoms with van der Waals surface area (Å²) in [5.41, 5.74) is 0.791. The Labute approximate surface area is 118 Å². The number of carbonyl (C=O) groups is 1. The zero-order chi connectivity index (χ0) is 14.2. The molecular formula is C16H16N2O2. The summed E-state index contributed by atoms with van der Waals surface area (Å²) < 4.78 is 5.79. The lowest BCUT2D eigenvalue weighted by molar-refractivity contribution is -0.132. The number of carbonyl (C=O) groups excluding carboxylic acids is 1. The Balaban J connectivity index is 2.02. The monoisotopic (exact) mass is 268 g/mol. The highest BCUT2D eigenvalue weighted by Gasteiger charge is 2.40. The number of nitrogens with zero attached hydrogens (tertiary/aromatic N) is 2. The van der Waals surface area contributed by atoms with Gasteiger partial charge in [-0.1, -0.05) is 18.2 Å². The van der Waals surface area contributed by atoms with Gasteiger partial charge in [0.15, 0.2) is 5.60 Å². The smallest absolute Gasteiger partial charge is 0.271 e. The lowest BCUT2D eigenvalue weighted by Crippen LogP contribution is -2.52. The number of rotatable bonds is 2. The molecule has 0 saturated heterocycles. The van der Waals surface area contributed by atoms with E-state index in [0.29, 0.717) is 6.54 Å². The lowest BCUT2D eigenvalue weighted by Gasteiger charge is -2.38. The van der Waals surface area contributed by atoms with Crippen LogP contribution in [0.1, 0.15) is 19.5 Å². The van der Waals surface area contributed by atoms with Gasteiger partial charge in [-0.15, -0.1) is 0 Å². The zero-order valence-electron chi connectivity index (χ0n) is 11.5. The van der Waals surface area contributed by atoms with Crippen LogP contribution in [0, 0.1) is 0 Å². The van der Waals surface area contributed by atoms with Crippen molar-refractivity contribution < 1.29 is 9.53 Å². The fourth-order valence-corrected chi connectivity index (χ4v) is 2.33. The molecule has 0 atom stereocenters. The van der Waals surface area contributed by atoms with E-state index < -0.39 is 5.60 Å². The van der Waals surface area contributed by atoms with Gasteiger partial charge < -0.3 is 4.74 Å². The fraction of sp³-hybridized carbons (Fsp3) is 0.250. The molecule has 102 valence electrons. The second kappa shape index (κ2) is 4.63. The largest absolute Gasteiger partial charge is 0.476 e. The average molecular weight is 268 g/mol. The fourth-order valence-electron chi connectivity index (χ4n) is 2.33. The van der Waals surface area contributed by atoms with Crippen LogP contribution in [0.25, 0.3) is 0 Å². The van der Waals surface area contributed by atoms with E-state index in [2.05, 4.69) is 4.98 Å². The first-order valence-corrected chi connectivity index (χ1v) is 6.58. The minimum Gasteiger partial charge on any atom is -0.476 e. The van der Waals surface area contributed by atoms with E-state index in [1.54, 1.807) is 24.9 Å². The maximum absolute atomic E-state index is 12.6. The van der Waals surface area contributed by atoms with Crippen LogP contribution in [0.3, 0.4) is 0 Å². The maximum Gasteiger partial charge on any atom is 0.271 e. The number of amides is 1. The molecule has 3 rings (SSSR count). The molecule has 0 spiro atoms. The van der Waals surface area contributed by atoms with E-state index in [0.717, 1.165) is 17.1 Å². The van der Waals surface area contributed by atoms with Crippen LogP contribution in [0.2, 0.25) is 0 Å². The van der Waals surface area contributed by atoms with Crippen LogP contribution in [-0.4, -0.2) is 16.5 Å². The number of aromatic nitrogens is 1. The third-order valence-corrected chi connectivity index (χ3v) is 3.33. The van der Waals surface area contributed by atoms with Crippen molar-refractivity contribution in [2.24, 2.45) is 0 Å². The third-order valence-electron chi connectivity index (χ3n) is 3.33. The summed E-state index contributed by atoms with van der Waals surface area (Å²) in [7, 11) is 0. The van der Waals surface area contributed by atoms with E-state index in [1.165, 1.54) is 0 Å². The predicted octanol–water partition coefficient (Wildman–Crippen LogP) is 2.79. The molecule has 0 radical (unpaired) electrons. The van der Waals surface area contributed by atoms with E-state index >= 15 is 0 Å². The minimum absolute atomic E-state index is 0.0538. The Morgan fingerprint density at radius 1 is 1.15 bits per heavy atom. The first-order valence-electron chi connectivity index (χ1n) is 6.58. The molecule has 4 heteroatoms. The number of ether oxygens (including phenoxy) is 1. The van der Waals surface area contributed by atoms with Crippen molar-refractivity contribution in [2.75, 3.05) is 4.90 Å². The number of para-hydroxylation sites is 2. The predicted molar refractivity (Wildman–Crippen MR) is 76.6 cm³/mol. The lowest BCUT2D eigenvalue weighted by atomic mass is 10.0. The Morgan fingerprint density at radius 2 is 1.90 bits per heavy atom. The number of pyridine rings is 1. The van der Waals surface area contributed by atoms with Crippen molar-refractivity contribution in [3.63, 3.8) is 0 Å². The summed E-state index contributed by atoms with van der Waals surface area (Å²) in [6.45, 7) is 4.02. The highest BCUT2D eigenvalue weighted by molar-refractivity contribution is 6.02. The average Bonchev–Trinajstić information content (AvgIpc) is 2.44. The van der Waals surface area contributed by atoms with Gasteiger partial charge >= 0.3 is 0 Å². The minimum atomic E-state index is -0.858. The molecule has 1 aliphatic rings. The van der Waals surface area contributed by atoms with Crippen LogP contribution in [0.5, 0.6) is 5.75 Å². The van der Waals surface area contributed by atoms with E-state index in [4.69, 9.17) is 4.74 Å².